The molecule has 0 radical (unpaired) electrons. The molecule has 7 nitrogen and oxygen atoms in total. The van der Waals surface area contributed by atoms with E-state index in [1.165, 1.54) is 0 Å². The van der Waals surface area contributed by atoms with Crippen LogP contribution in [-0.2, 0) is 16.2 Å². The van der Waals surface area contributed by atoms with Crippen LogP contribution in [0.25, 0.3) is 5.76 Å². The summed E-state index contributed by atoms with van der Waals surface area (Å²) in [6.45, 7) is 5.97. The quantitative estimate of drug-likeness (QED) is 0.136. The van der Waals surface area contributed by atoms with Crippen LogP contribution in [-0.4, -0.2) is 60.4 Å². The summed E-state index contributed by atoms with van der Waals surface area (Å²) in [6, 6.07) is 21.9. The van der Waals surface area contributed by atoms with Gasteiger partial charge in [-0.05, 0) is 74.5 Å². The molecule has 0 aliphatic carbocycles. The molecule has 1 unspecified atom stereocenters. The van der Waals surface area contributed by atoms with Crippen molar-refractivity contribution in [2.24, 2.45) is 0 Å². The van der Waals surface area contributed by atoms with Crippen molar-refractivity contribution in [2.75, 3.05) is 33.8 Å². The Labute approximate surface area is 236 Å². The van der Waals surface area contributed by atoms with Crippen molar-refractivity contribution in [3.8, 4) is 11.5 Å². The first-order valence-corrected chi connectivity index (χ1v) is 13.7. The molecule has 1 saturated heterocycles. The lowest BCUT2D eigenvalue weighted by atomic mass is 9.94. The fourth-order valence-corrected chi connectivity index (χ4v) is 4.69. The second-order valence-electron chi connectivity index (χ2n) is 10.3. The molecule has 1 aliphatic rings. The Bertz CT molecular complexity index is 1350. The van der Waals surface area contributed by atoms with Gasteiger partial charge in [0.2, 0.25) is 0 Å². The number of nitrogens with zero attached hydrogens (tertiary/aromatic N) is 2. The van der Waals surface area contributed by atoms with Gasteiger partial charge in [-0.3, -0.25) is 9.59 Å². The number of aliphatic hydroxyl groups is 1. The normalized spacial score (nSPS) is 16.5. The molecule has 3 aromatic carbocycles. The molecule has 210 valence electrons. The first-order chi connectivity index (χ1) is 19.3. The number of Topliss-reactive ketones (excluding diaryl/α,β-unsaturated/α-hetero) is 1. The van der Waals surface area contributed by atoms with Crippen molar-refractivity contribution in [1.82, 2.24) is 9.80 Å². The van der Waals surface area contributed by atoms with Crippen molar-refractivity contribution in [1.29, 1.82) is 0 Å². The highest BCUT2D eigenvalue weighted by atomic mass is 16.5. The lowest BCUT2D eigenvalue weighted by Gasteiger charge is -2.26. The molecule has 3 aromatic rings. The molecule has 0 spiro atoms. The van der Waals surface area contributed by atoms with Crippen molar-refractivity contribution in [2.45, 2.75) is 39.3 Å². The van der Waals surface area contributed by atoms with E-state index in [-0.39, 0.29) is 11.3 Å². The van der Waals surface area contributed by atoms with Gasteiger partial charge in [-0.2, -0.15) is 0 Å². The fourth-order valence-electron chi connectivity index (χ4n) is 4.69. The third kappa shape index (κ3) is 6.72. The van der Waals surface area contributed by atoms with Crippen molar-refractivity contribution >= 4 is 17.4 Å². The monoisotopic (exact) mass is 542 g/mol. The van der Waals surface area contributed by atoms with E-state index in [9.17, 15) is 14.7 Å². The van der Waals surface area contributed by atoms with E-state index in [2.05, 4.69) is 6.92 Å². The smallest absolute Gasteiger partial charge is 0.295 e. The second kappa shape index (κ2) is 13.3. The molecule has 0 bridgehead atoms. The molecule has 1 N–H and O–H groups in total. The highest BCUT2D eigenvalue weighted by molar-refractivity contribution is 6.46. The van der Waals surface area contributed by atoms with E-state index in [0.29, 0.717) is 37.6 Å². The number of rotatable bonds is 12. The van der Waals surface area contributed by atoms with E-state index < -0.39 is 17.7 Å². The van der Waals surface area contributed by atoms with Gasteiger partial charge in [0.25, 0.3) is 11.7 Å². The zero-order chi connectivity index (χ0) is 28.6. The molecule has 0 aromatic heterocycles. The van der Waals surface area contributed by atoms with E-state index in [1.54, 1.807) is 23.1 Å². The van der Waals surface area contributed by atoms with Gasteiger partial charge in [-0.15, -0.1) is 0 Å². The van der Waals surface area contributed by atoms with E-state index >= 15 is 0 Å². The number of carbonyl (C=O) groups is 2. The number of amides is 1. The maximum absolute atomic E-state index is 13.3. The van der Waals surface area contributed by atoms with E-state index in [0.717, 1.165) is 35.3 Å². The Balaban J connectivity index is 1.66. The third-order valence-electron chi connectivity index (χ3n) is 6.98. The number of ether oxygens (including phenoxy) is 2. The van der Waals surface area contributed by atoms with Crippen LogP contribution in [0.3, 0.4) is 0 Å². The lowest BCUT2D eigenvalue weighted by molar-refractivity contribution is -0.140. The van der Waals surface area contributed by atoms with Crippen molar-refractivity contribution < 1.29 is 24.2 Å². The van der Waals surface area contributed by atoms with Crippen LogP contribution in [0, 0.1) is 6.92 Å². The third-order valence-corrected chi connectivity index (χ3v) is 6.98. The minimum atomic E-state index is -0.719. The van der Waals surface area contributed by atoms with E-state index in [4.69, 9.17) is 9.47 Å². The summed E-state index contributed by atoms with van der Waals surface area (Å²) < 4.78 is 11.8. The standard InChI is InChI=1S/C33H38N2O5/c1-5-6-20-39-28-17-14-26(21-23(28)2)31(36)29-30(35(19-18-34(3)4)33(38)32(29)37)25-12-15-27(16-13-25)40-22-24-10-8-7-9-11-24/h7-17,21,30,36H,5-6,18-20,22H2,1-4H3. The van der Waals surface area contributed by atoms with Crippen LogP contribution in [0.5, 0.6) is 11.5 Å². The highest BCUT2D eigenvalue weighted by Crippen LogP contribution is 2.40. The summed E-state index contributed by atoms with van der Waals surface area (Å²) in [5, 5.41) is 11.4. The molecule has 40 heavy (non-hydrogen) atoms. The predicted molar refractivity (Wildman–Crippen MR) is 156 cm³/mol. The van der Waals surface area contributed by atoms with Crippen LogP contribution in [0.4, 0.5) is 0 Å². The number of likely N-dealkylation sites (N-methyl/N-ethyl adjacent to an activating group) is 1. The van der Waals surface area contributed by atoms with Gasteiger partial charge >= 0.3 is 0 Å². The zero-order valence-corrected chi connectivity index (χ0v) is 23.7. The van der Waals surface area contributed by atoms with Gasteiger partial charge in [0, 0.05) is 18.7 Å². The Morgan fingerprint density at radius 2 is 1.70 bits per heavy atom. The summed E-state index contributed by atoms with van der Waals surface area (Å²) in [6.07, 6.45) is 1.99. The fraction of sp³-hybridized carbons (Fsp3) is 0.333. The Kier molecular flexibility index (Phi) is 9.61. The number of aliphatic hydroxyl groups excluding tert-OH is 1. The molecule has 1 heterocycles. The maximum Gasteiger partial charge on any atom is 0.295 e. The van der Waals surface area contributed by atoms with Crippen molar-refractivity contribution in [3.05, 3.63) is 101 Å². The summed E-state index contributed by atoms with van der Waals surface area (Å²) in [5.74, 6) is -0.0878. The molecule has 1 aliphatic heterocycles. The predicted octanol–water partition coefficient (Wildman–Crippen LogP) is 5.74. The number of aryl methyl sites for hydroxylation is 1. The zero-order valence-electron chi connectivity index (χ0n) is 23.7. The van der Waals surface area contributed by atoms with Gasteiger partial charge in [-0.1, -0.05) is 55.8 Å². The van der Waals surface area contributed by atoms with Gasteiger partial charge < -0.3 is 24.4 Å². The largest absolute Gasteiger partial charge is 0.507 e. The number of unbranched alkanes of at least 4 members (excludes halogenated alkanes) is 1. The Morgan fingerprint density at radius 3 is 2.35 bits per heavy atom. The maximum atomic E-state index is 13.3. The Morgan fingerprint density at radius 1 is 0.975 bits per heavy atom. The molecule has 7 heteroatoms. The number of ketones is 1. The van der Waals surface area contributed by atoms with Crippen LogP contribution in [0.2, 0.25) is 0 Å². The first kappa shape index (κ1) is 28.9. The van der Waals surface area contributed by atoms with Crippen LogP contribution in [0.15, 0.2) is 78.4 Å². The van der Waals surface area contributed by atoms with E-state index in [1.807, 2.05) is 80.5 Å². The SMILES string of the molecule is CCCCOc1ccc(C(O)=C2C(=O)C(=O)N(CCN(C)C)C2c2ccc(OCc3ccccc3)cc2)cc1C. The molecule has 1 atom stereocenters. The highest BCUT2D eigenvalue weighted by Gasteiger charge is 2.45. The van der Waals surface area contributed by atoms with Crippen molar-refractivity contribution in [3.63, 3.8) is 0 Å². The minimum absolute atomic E-state index is 0.0840. The molecule has 1 fully saturated rings. The number of hydrogen-bond donors (Lipinski definition) is 1. The molecule has 1 amide bonds. The van der Waals surface area contributed by atoms with Gasteiger partial charge in [0.1, 0.15) is 23.9 Å². The topological polar surface area (TPSA) is 79.3 Å². The molecule has 4 rings (SSSR count). The second-order valence-corrected chi connectivity index (χ2v) is 10.3. The number of carbonyl (C=O) groups excluding carboxylic acids is 2. The minimum Gasteiger partial charge on any atom is -0.507 e. The number of hydrogen-bond acceptors (Lipinski definition) is 6. The van der Waals surface area contributed by atoms with Crippen LogP contribution >= 0.6 is 0 Å². The van der Waals surface area contributed by atoms with Gasteiger partial charge in [-0.25, -0.2) is 0 Å². The summed E-state index contributed by atoms with van der Waals surface area (Å²) in [4.78, 5) is 30.0. The molecular formula is C33H38N2O5. The molecule has 0 saturated carbocycles. The van der Waals surface area contributed by atoms with Crippen LogP contribution < -0.4 is 9.47 Å². The number of benzene rings is 3. The number of likely N-dealkylation sites (tertiary alicyclic amines) is 1. The summed E-state index contributed by atoms with van der Waals surface area (Å²) in [7, 11) is 3.83. The Hall–Kier alpha value is -4.10. The first-order valence-electron chi connectivity index (χ1n) is 13.7. The average Bonchev–Trinajstić information content (AvgIpc) is 3.21. The van der Waals surface area contributed by atoms with Gasteiger partial charge in [0.05, 0.1) is 18.2 Å². The average molecular weight is 543 g/mol. The van der Waals surface area contributed by atoms with Crippen LogP contribution in [0.1, 0.15) is 48.1 Å². The summed E-state index contributed by atoms with van der Waals surface area (Å²) >= 11 is 0. The lowest BCUT2D eigenvalue weighted by Crippen LogP contribution is -2.35. The molecular weight excluding hydrogens is 504 g/mol. The summed E-state index contributed by atoms with van der Waals surface area (Å²) in [5.41, 5.74) is 3.18. The van der Waals surface area contributed by atoms with Gasteiger partial charge in [0.15, 0.2) is 0 Å².